The summed E-state index contributed by atoms with van der Waals surface area (Å²) in [6.07, 6.45) is 0.312. The quantitative estimate of drug-likeness (QED) is 0.625. The first kappa shape index (κ1) is 14.3. The van der Waals surface area contributed by atoms with Crippen molar-refractivity contribution in [3.05, 3.63) is 0 Å². The van der Waals surface area contributed by atoms with Crippen molar-refractivity contribution >= 4 is 15.6 Å². The molecule has 8 nitrogen and oxygen atoms in total. The molecule has 3 N–H and O–H groups in total. The molecular formula is C6H14O8P2. The van der Waals surface area contributed by atoms with Gasteiger partial charge in [-0.15, -0.1) is 0 Å². The van der Waals surface area contributed by atoms with E-state index in [-0.39, 0.29) is 12.7 Å². The molecule has 1 rings (SSSR count). The van der Waals surface area contributed by atoms with E-state index in [0.717, 1.165) is 0 Å². The van der Waals surface area contributed by atoms with E-state index < -0.39 is 15.6 Å². The van der Waals surface area contributed by atoms with Gasteiger partial charge in [0.05, 0.1) is 12.7 Å². The van der Waals surface area contributed by atoms with Gasteiger partial charge in [-0.05, 0) is 12.3 Å². The molecule has 1 heterocycles. The minimum absolute atomic E-state index is 0.238. The molecule has 0 aromatic carbocycles. The summed E-state index contributed by atoms with van der Waals surface area (Å²) < 4.78 is 34.6. The minimum atomic E-state index is -5.04. The van der Waals surface area contributed by atoms with Crippen molar-refractivity contribution in [1.82, 2.24) is 0 Å². The van der Waals surface area contributed by atoms with Crippen LogP contribution in [0.1, 0.15) is 13.3 Å². The van der Waals surface area contributed by atoms with Crippen molar-refractivity contribution in [2.24, 2.45) is 5.92 Å². The highest BCUT2D eigenvalue weighted by Gasteiger charge is 2.34. The molecule has 0 saturated carbocycles. The Bertz CT molecular complexity index is 324. The largest absolute Gasteiger partial charge is 0.481 e. The zero-order valence-corrected chi connectivity index (χ0v) is 10.3. The van der Waals surface area contributed by atoms with E-state index in [2.05, 4.69) is 8.83 Å². The fourth-order valence-electron chi connectivity index (χ4n) is 1.34. The molecule has 0 aromatic heterocycles. The summed E-state index contributed by atoms with van der Waals surface area (Å²) in [5, 5.41) is 0. The maximum Gasteiger partial charge on any atom is 0.481 e. The SMILES string of the molecule is CC1CO[C@H](COP(=O)(O)OP(=O)(O)O)C1. The molecule has 1 saturated heterocycles. The summed E-state index contributed by atoms with van der Waals surface area (Å²) in [5.74, 6) is 0.328. The molecule has 1 aliphatic rings. The number of hydrogen-bond donors (Lipinski definition) is 3. The van der Waals surface area contributed by atoms with Crippen LogP contribution < -0.4 is 0 Å². The van der Waals surface area contributed by atoms with E-state index in [0.29, 0.717) is 18.9 Å². The van der Waals surface area contributed by atoms with E-state index in [1.165, 1.54) is 0 Å². The first-order chi connectivity index (χ1) is 7.18. The van der Waals surface area contributed by atoms with Crippen LogP contribution in [-0.2, 0) is 22.7 Å². The van der Waals surface area contributed by atoms with E-state index in [9.17, 15) is 9.13 Å². The van der Waals surface area contributed by atoms with Crippen LogP contribution in [0, 0.1) is 5.92 Å². The Morgan fingerprint density at radius 2 is 2.00 bits per heavy atom. The predicted molar refractivity (Wildman–Crippen MR) is 52.4 cm³/mol. The Morgan fingerprint density at radius 1 is 1.38 bits per heavy atom. The number of phosphoric ester groups is 1. The average molecular weight is 276 g/mol. The first-order valence-electron chi connectivity index (χ1n) is 4.54. The summed E-state index contributed by atoms with van der Waals surface area (Å²) in [4.78, 5) is 25.6. The fourth-order valence-corrected chi connectivity index (χ4v) is 2.96. The summed E-state index contributed by atoms with van der Waals surface area (Å²) in [7, 11) is -9.77. The Kier molecular flexibility index (Phi) is 4.68. The van der Waals surface area contributed by atoms with Gasteiger partial charge < -0.3 is 19.4 Å². The van der Waals surface area contributed by atoms with Crippen LogP contribution >= 0.6 is 15.6 Å². The average Bonchev–Trinajstić information content (AvgIpc) is 2.44. The van der Waals surface area contributed by atoms with Crippen LogP contribution in [0.3, 0.4) is 0 Å². The lowest BCUT2D eigenvalue weighted by atomic mass is 10.1. The highest BCUT2D eigenvalue weighted by Crippen LogP contribution is 2.57. The van der Waals surface area contributed by atoms with Gasteiger partial charge in [0.1, 0.15) is 0 Å². The Balaban J connectivity index is 2.36. The van der Waals surface area contributed by atoms with E-state index in [1.54, 1.807) is 0 Å². The molecule has 10 heteroatoms. The smallest absolute Gasteiger partial charge is 0.376 e. The molecule has 3 atom stereocenters. The predicted octanol–water partition coefficient (Wildman–Crippen LogP) is 0.638. The topological polar surface area (TPSA) is 123 Å². The third-order valence-electron chi connectivity index (χ3n) is 1.91. The molecule has 0 spiro atoms. The van der Waals surface area contributed by atoms with Crippen LogP contribution in [0.25, 0.3) is 0 Å². The second kappa shape index (κ2) is 5.25. The van der Waals surface area contributed by atoms with Crippen LogP contribution in [0.5, 0.6) is 0 Å². The lowest BCUT2D eigenvalue weighted by Gasteiger charge is -2.14. The molecule has 0 aliphatic carbocycles. The van der Waals surface area contributed by atoms with Gasteiger partial charge in [-0.1, -0.05) is 6.92 Å². The molecule has 16 heavy (non-hydrogen) atoms. The van der Waals surface area contributed by atoms with Crippen LogP contribution in [-0.4, -0.2) is 34.0 Å². The number of hydrogen-bond acceptors (Lipinski definition) is 5. The Hall–Kier alpha value is 0.220. The number of rotatable bonds is 5. The minimum Gasteiger partial charge on any atom is -0.376 e. The lowest BCUT2D eigenvalue weighted by molar-refractivity contribution is 0.0530. The van der Waals surface area contributed by atoms with Crippen molar-refractivity contribution in [2.75, 3.05) is 13.2 Å². The maximum absolute atomic E-state index is 11.0. The molecule has 1 fully saturated rings. The van der Waals surface area contributed by atoms with E-state index in [4.69, 9.17) is 19.4 Å². The van der Waals surface area contributed by atoms with Crippen LogP contribution in [0.2, 0.25) is 0 Å². The number of ether oxygens (including phenoxy) is 1. The second-order valence-corrected chi connectivity index (χ2v) is 6.46. The lowest BCUT2D eigenvalue weighted by Crippen LogP contribution is -2.13. The maximum atomic E-state index is 11.0. The summed E-state index contributed by atoms with van der Waals surface area (Å²) in [6, 6.07) is 0. The van der Waals surface area contributed by atoms with Crippen molar-refractivity contribution in [1.29, 1.82) is 0 Å². The molecule has 2 unspecified atom stereocenters. The molecular weight excluding hydrogens is 262 g/mol. The van der Waals surface area contributed by atoms with Crippen molar-refractivity contribution < 1.29 is 37.4 Å². The highest BCUT2D eigenvalue weighted by molar-refractivity contribution is 7.60. The summed E-state index contributed by atoms with van der Waals surface area (Å²) in [6.45, 7) is 2.24. The van der Waals surface area contributed by atoms with Gasteiger partial charge in [0, 0.05) is 6.61 Å². The molecule has 0 amide bonds. The van der Waals surface area contributed by atoms with Gasteiger partial charge in [-0.25, -0.2) is 9.13 Å². The molecule has 0 radical (unpaired) electrons. The second-order valence-electron chi connectivity index (χ2n) is 3.63. The van der Waals surface area contributed by atoms with Gasteiger partial charge in [0.2, 0.25) is 0 Å². The van der Waals surface area contributed by atoms with Gasteiger partial charge in [0.25, 0.3) is 0 Å². The fraction of sp³-hybridized carbons (Fsp3) is 1.00. The van der Waals surface area contributed by atoms with Crippen LogP contribution in [0.4, 0.5) is 0 Å². The van der Waals surface area contributed by atoms with Crippen molar-refractivity contribution in [3.8, 4) is 0 Å². The third kappa shape index (κ3) is 5.52. The molecule has 96 valence electrons. The molecule has 1 aliphatic heterocycles. The zero-order valence-electron chi connectivity index (χ0n) is 8.55. The summed E-state index contributed by atoms with van der Waals surface area (Å²) >= 11 is 0. The van der Waals surface area contributed by atoms with Gasteiger partial charge in [-0.3, -0.25) is 4.52 Å². The van der Waals surface area contributed by atoms with E-state index in [1.807, 2.05) is 6.92 Å². The van der Waals surface area contributed by atoms with Crippen molar-refractivity contribution in [3.63, 3.8) is 0 Å². The molecule has 0 bridgehead atoms. The standard InChI is InChI=1S/C6H14O8P2/c1-5-2-6(12-3-5)4-13-16(10,11)14-15(7,8)9/h5-6H,2-4H2,1H3,(H,10,11)(H2,7,8,9)/t5?,6-/m0/s1. The van der Waals surface area contributed by atoms with Crippen molar-refractivity contribution in [2.45, 2.75) is 19.4 Å². The first-order valence-corrected chi connectivity index (χ1v) is 7.56. The Morgan fingerprint density at radius 3 is 2.44 bits per heavy atom. The van der Waals surface area contributed by atoms with Gasteiger partial charge in [-0.2, -0.15) is 4.31 Å². The molecule has 0 aromatic rings. The highest BCUT2D eigenvalue weighted by atomic mass is 31.3. The summed E-state index contributed by atoms with van der Waals surface area (Å²) in [5.41, 5.74) is 0. The van der Waals surface area contributed by atoms with E-state index >= 15 is 0 Å². The normalized spacial score (nSPS) is 30.2. The number of phosphoric acid groups is 2. The van der Waals surface area contributed by atoms with Gasteiger partial charge >= 0.3 is 15.6 Å². The third-order valence-corrected chi connectivity index (χ3v) is 4.07. The monoisotopic (exact) mass is 276 g/mol. The van der Waals surface area contributed by atoms with Crippen LogP contribution in [0.15, 0.2) is 0 Å². The van der Waals surface area contributed by atoms with Gasteiger partial charge in [0.15, 0.2) is 0 Å². The zero-order chi connectivity index (χ0) is 12.4. The Labute approximate surface area is 92.4 Å².